The zero-order valence-electron chi connectivity index (χ0n) is 12.8. The Morgan fingerprint density at radius 2 is 1.86 bits per heavy atom. The zero-order valence-corrected chi connectivity index (χ0v) is 12.8. The highest BCUT2D eigenvalue weighted by Crippen LogP contribution is 2.28. The van der Waals surface area contributed by atoms with Crippen LogP contribution in [0.4, 0.5) is 17.1 Å². The Hall–Kier alpha value is -2.49. The van der Waals surface area contributed by atoms with E-state index >= 15 is 0 Å². The molecule has 2 aromatic rings. The van der Waals surface area contributed by atoms with Crippen LogP contribution >= 0.6 is 0 Å². The van der Waals surface area contributed by atoms with Crippen molar-refractivity contribution in [2.45, 2.75) is 6.42 Å². The number of rotatable bonds is 3. The molecule has 2 aromatic carbocycles. The fourth-order valence-electron chi connectivity index (χ4n) is 2.74. The molecular formula is C18H21N3O. The van der Waals surface area contributed by atoms with Gasteiger partial charge in [-0.25, -0.2) is 0 Å². The normalized spacial score (nSPS) is 13.8. The van der Waals surface area contributed by atoms with Crippen LogP contribution in [-0.4, -0.2) is 32.6 Å². The highest BCUT2D eigenvalue weighted by Gasteiger charge is 2.19. The van der Waals surface area contributed by atoms with E-state index < -0.39 is 0 Å². The van der Waals surface area contributed by atoms with E-state index in [1.807, 2.05) is 49.5 Å². The molecule has 1 amide bonds. The SMILES string of the molecule is CN(C(=O)CN1CCCNc2ccccc21)c1ccccc1. The molecule has 0 atom stereocenters. The van der Waals surface area contributed by atoms with Crippen molar-refractivity contribution < 1.29 is 4.79 Å². The zero-order chi connectivity index (χ0) is 15.4. The van der Waals surface area contributed by atoms with Gasteiger partial charge in [0.05, 0.1) is 17.9 Å². The van der Waals surface area contributed by atoms with Gasteiger partial charge in [-0.15, -0.1) is 0 Å². The maximum atomic E-state index is 12.6. The number of amides is 1. The molecule has 0 spiro atoms. The van der Waals surface area contributed by atoms with Gasteiger partial charge in [-0.3, -0.25) is 4.79 Å². The van der Waals surface area contributed by atoms with Gasteiger partial charge >= 0.3 is 0 Å². The van der Waals surface area contributed by atoms with Crippen molar-refractivity contribution in [3.63, 3.8) is 0 Å². The van der Waals surface area contributed by atoms with Gasteiger partial charge in [0, 0.05) is 25.8 Å². The molecule has 4 nitrogen and oxygen atoms in total. The van der Waals surface area contributed by atoms with E-state index in [9.17, 15) is 4.79 Å². The molecule has 114 valence electrons. The van der Waals surface area contributed by atoms with E-state index in [-0.39, 0.29) is 5.91 Å². The van der Waals surface area contributed by atoms with Crippen molar-refractivity contribution in [1.29, 1.82) is 0 Å². The Morgan fingerprint density at radius 1 is 1.14 bits per heavy atom. The van der Waals surface area contributed by atoms with Crippen molar-refractivity contribution in [2.75, 3.05) is 41.8 Å². The predicted octanol–water partition coefficient (Wildman–Crippen LogP) is 2.97. The molecule has 0 bridgehead atoms. The Morgan fingerprint density at radius 3 is 2.68 bits per heavy atom. The minimum Gasteiger partial charge on any atom is -0.383 e. The fourth-order valence-corrected chi connectivity index (χ4v) is 2.74. The lowest BCUT2D eigenvalue weighted by molar-refractivity contribution is -0.117. The quantitative estimate of drug-likeness (QED) is 0.945. The number of carbonyl (C=O) groups excluding carboxylic acids is 1. The largest absolute Gasteiger partial charge is 0.383 e. The Kier molecular flexibility index (Phi) is 4.28. The van der Waals surface area contributed by atoms with Crippen molar-refractivity contribution in [1.82, 2.24) is 0 Å². The highest BCUT2D eigenvalue weighted by molar-refractivity contribution is 5.96. The van der Waals surface area contributed by atoms with Gasteiger partial charge in [0.1, 0.15) is 0 Å². The minimum absolute atomic E-state index is 0.0999. The molecule has 0 aliphatic carbocycles. The third kappa shape index (κ3) is 3.06. The summed E-state index contributed by atoms with van der Waals surface area (Å²) in [5.41, 5.74) is 3.14. The third-order valence-corrected chi connectivity index (χ3v) is 4.01. The number of hydrogen-bond donors (Lipinski definition) is 1. The van der Waals surface area contributed by atoms with E-state index in [0.717, 1.165) is 36.6 Å². The molecule has 0 unspecified atom stereocenters. The second-order valence-electron chi connectivity index (χ2n) is 5.51. The molecule has 4 heteroatoms. The van der Waals surface area contributed by atoms with Crippen molar-refractivity contribution >= 4 is 23.0 Å². The number of carbonyl (C=O) groups is 1. The van der Waals surface area contributed by atoms with Crippen LogP contribution in [-0.2, 0) is 4.79 Å². The first kappa shape index (κ1) is 14.4. The third-order valence-electron chi connectivity index (χ3n) is 4.01. The first-order valence-electron chi connectivity index (χ1n) is 7.65. The summed E-state index contributed by atoms with van der Waals surface area (Å²) in [6.07, 6.45) is 1.02. The van der Waals surface area contributed by atoms with Crippen LogP contribution < -0.4 is 15.1 Å². The molecule has 0 saturated carbocycles. The summed E-state index contributed by atoms with van der Waals surface area (Å²) in [6.45, 7) is 2.22. The Bertz CT molecular complexity index is 642. The van der Waals surface area contributed by atoms with Crippen LogP contribution in [0.15, 0.2) is 54.6 Å². The standard InChI is InChI=1S/C18H21N3O/c1-20(15-8-3-2-4-9-15)18(22)14-21-13-7-12-19-16-10-5-6-11-17(16)21/h2-6,8-11,19H,7,12-14H2,1H3. The first-order valence-corrected chi connectivity index (χ1v) is 7.65. The average molecular weight is 295 g/mol. The lowest BCUT2D eigenvalue weighted by Crippen LogP contribution is -2.38. The second-order valence-corrected chi connectivity index (χ2v) is 5.51. The smallest absolute Gasteiger partial charge is 0.246 e. The minimum atomic E-state index is 0.0999. The molecule has 1 aliphatic heterocycles. The number of nitrogens with one attached hydrogen (secondary N) is 1. The van der Waals surface area contributed by atoms with Crippen molar-refractivity contribution in [3.8, 4) is 0 Å². The summed E-state index contributed by atoms with van der Waals surface area (Å²) in [5.74, 6) is 0.0999. The van der Waals surface area contributed by atoms with Gasteiger partial charge in [0.25, 0.3) is 0 Å². The maximum absolute atomic E-state index is 12.6. The number of nitrogens with zero attached hydrogens (tertiary/aromatic N) is 2. The van der Waals surface area contributed by atoms with Crippen LogP contribution in [0, 0.1) is 0 Å². The van der Waals surface area contributed by atoms with Crippen LogP contribution in [0.2, 0.25) is 0 Å². The van der Waals surface area contributed by atoms with Gasteiger partial charge in [-0.05, 0) is 30.7 Å². The van der Waals surface area contributed by atoms with E-state index in [1.165, 1.54) is 0 Å². The molecule has 0 radical (unpaired) electrons. The summed E-state index contributed by atoms with van der Waals surface area (Å²) in [6, 6.07) is 17.9. The van der Waals surface area contributed by atoms with Crippen LogP contribution in [0.5, 0.6) is 0 Å². The van der Waals surface area contributed by atoms with Crippen molar-refractivity contribution in [3.05, 3.63) is 54.6 Å². The Labute approximate surface area is 131 Å². The summed E-state index contributed by atoms with van der Waals surface area (Å²) in [4.78, 5) is 16.5. The molecule has 0 saturated heterocycles. The van der Waals surface area contributed by atoms with Gasteiger partial charge in [-0.2, -0.15) is 0 Å². The van der Waals surface area contributed by atoms with Gasteiger partial charge in [0.15, 0.2) is 0 Å². The van der Waals surface area contributed by atoms with Gasteiger partial charge < -0.3 is 15.1 Å². The lowest BCUT2D eigenvalue weighted by Gasteiger charge is -2.26. The molecule has 1 N–H and O–H groups in total. The van der Waals surface area contributed by atoms with Gasteiger partial charge in [0.2, 0.25) is 5.91 Å². The van der Waals surface area contributed by atoms with Crippen LogP contribution in [0.25, 0.3) is 0 Å². The van der Waals surface area contributed by atoms with E-state index in [2.05, 4.69) is 22.3 Å². The molecule has 1 heterocycles. The maximum Gasteiger partial charge on any atom is 0.246 e. The number of likely N-dealkylation sites (N-methyl/N-ethyl adjacent to an activating group) is 1. The monoisotopic (exact) mass is 295 g/mol. The fraction of sp³-hybridized carbons (Fsp3) is 0.278. The van der Waals surface area contributed by atoms with Gasteiger partial charge in [-0.1, -0.05) is 30.3 Å². The summed E-state index contributed by atoms with van der Waals surface area (Å²) < 4.78 is 0. The summed E-state index contributed by atoms with van der Waals surface area (Å²) >= 11 is 0. The predicted molar refractivity (Wildman–Crippen MR) is 91.6 cm³/mol. The molecule has 0 aromatic heterocycles. The van der Waals surface area contributed by atoms with Crippen molar-refractivity contribution in [2.24, 2.45) is 0 Å². The van der Waals surface area contributed by atoms with E-state index in [0.29, 0.717) is 6.54 Å². The second kappa shape index (κ2) is 6.52. The number of anilines is 3. The average Bonchev–Trinajstić information content (AvgIpc) is 2.77. The molecule has 22 heavy (non-hydrogen) atoms. The topological polar surface area (TPSA) is 35.6 Å². The van der Waals surface area contributed by atoms with E-state index in [1.54, 1.807) is 4.90 Å². The highest BCUT2D eigenvalue weighted by atomic mass is 16.2. The van der Waals surface area contributed by atoms with Crippen LogP contribution in [0.1, 0.15) is 6.42 Å². The van der Waals surface area contributed by atoms with E-state index in [4.69, 9.17) is 0 Å². The number of fused-ring (bicyclic) bond motifs is 1. The molecular weight excluding hydrogens is 274 g/mol. The molecule has 0 fully saturated rings. The Balaban J connectivity index is 1.76. The van der Waals surface area contributed by atoms with Crippen LogP contribution in [0.3, 0.4) is 0 Å². The molecule has 1 aliphatic rings. The number of para-hydroxylation sites is 3. The first-order chi connectivity index (χ1) is 10.8. The number of hydrogen-bond acceptors (Lipinski definition) is 3. The number of benzene rings is 2. The summed E-state index contributed by atoms with van der Waals surface area (Å²) in [7, 11) is 1.83. The lowest BCUT2D eigenvalue weighted by atomic mass is 10.2. The summed E-state index contributed by atoms with van der Waals surface area (Å²) in [5, 5.41) is 3.42. The molecule has 3 rings (SSSR count).